The molecule has 0 fully saturated rings. The average Bonchev–Trinajstić information content (AvgIpc) is 2.61. The summed E-state index contributed by atoms with van der Waals surface area (Å²) in [5.41, 5.74) is 0. The quantitative estimate of drug-likeness (QED) is 0.592. The summed E-state index contributed by atoms with van der Waals surface area (Å²) in [5.74, 6) is 1.81. The monoisotopic (exact) mass is 282 g/mol. The van der Waals surface area contributed by atoms with E-state index >= 15 is 0 Å². The van der Waals surface area contributed by atoms with Gasteiger partial charge < -0.3 is 4.57 Å². The molecular weight excluding hydrogens is 268 g/mol. The minimum absolute atomic E-state index is 0.0461. The SMILES string of the molecule is CCc1nc(S(=O)(=O)Cl)cn1CCCSC. The summed E-state index contributed by atoms with van der Waals surface area (Å²) in [6.07, 6.45) is 5.25. The van der Waals surface area contributed by atoms with Gasteiger partial charge in [0, 0.05) is 29.8 Å². The number of thioether (sulfide) groups is 1. The van der Waals surface area contributed by atoms with E-state index in [1.807, 2.05) is 17.7 Å². The molecule has 1 aromatic heterocycles. The lowest BCUT2D eigenvalue weighted by molar-refractivity contribution is 0.606. The Labute approximate surface area is 105 Å². The Morgan fingerprint density at radius 3 is 2.75 bits per heavy atom. The molecule has 0 radical (unpaired) electrons. The molecule has 0 saturated heterocycles. The molecule has 4 nitrogen and oxygen atoms in total. The smallest absolute Gasteiger partial charge is 0.280 e. The molecule has 0 amide bonds. The van der Waals surface area contributed by atoms with Crippen LogP contribution in [0.1, 0.15) is 19.2 Å². The minimum Gasteiger partial charge on any atom is -0.333 e. The van der Waals surface area contributed by atoms with E-state index in [0.717, 1.165) is 24.5 Å². The number of halogens is 1. The molecule has 0 aliphatic carbocycles. The summed E-state index contributed by atoms with van der Waals surface area (Å²) in [6.45, 7) is 2.72. The first-order valence-electron chi connectivity index (χ1n) is 4.98. The van der Waals surface area contributed by atoms with Gasteiger partial charge in [0.05, 0.1) is 0 Å². The van der Waals surface area contributed by atoms with Gasteiger partial charge in [-0.15, -0.1) is 0 Å². The number of rotatable bonds is 6. The van der Waals surface area contributed by atoms with E-state index < -0.39 is 9.05 Å². The molecular formula is C9H15ClN2O2S2. The van der Waals surface area contributed by atoms with Crippen LogP contribution in [0.15, 0.2) is 11.2 Å². The third kappa shape index (κ3) is 3.68. The van der Waals surface area contributed by atoms with Crippen LogP contribution in [0.25, 0.3) is 0 Å². The zero-order valence-corrected chi connectivity index (χ0v) is 11.7. The highest BCUT2D eigenvalue weighted by molar-refractivity contribution is 8.13. The summed E-state index contributed by atoms with van der Waals surface area (Å²) >= 11 is 1.77. The summed E-state index contributed by atoms with van der Waals surface area (Å²) in [6, 6.07) is 0. The molecule has 7 heteroatoms. The van der Waals surface area contributed by atoms with Crippen molar-refractivity contribution in [2.24, 2.45) is 0 Å². The van der Waals surface area contributed by atoms with Crippen molar-refractivity contribution in [3.8, 4) is 0 Å². The highest BCUT2D eigenvalue weighted by Gasteiger charge is 2.16. The van der Waals surface area contributed by atoms with Crippen LogP contribution in [-0.4, -0.2) is 30.0 Å². The predicted molar refractivity (Wildman–Crippen MR) is 67.6 cm³/mol. The number of nitrogens with zero attached hydrogens (tertiary/aromatic N) is 2. The van der Waals surface area contributed by atoms with Gasteiger partial charge in [-0.2, -0.15) is 11.8 Å². The van der Waals surface area contributed by atoms with Gasteiger partial charge in [-0.05, 0) is 18.4 Å². The summed E-state index contributed by atoms with van der Waals surface area (Å²) in [5, 5.41) is -0.0461. The third-order valence-corrected chi connectivity index (χ3v) is 4.02. The van der Waals surface area contributed by atoms with E-state index in [2.05, 4.69) is 4.98 Å². The zero-order chi connectivity index (χ0) is 12.2. The molecule has 0 aliphatic rings. The number of imidazole rings is 1. The van der Waals surface area contributed by atoms with Crippen LogP contribution >= 0.6 is 22.4 Å². The van der Waals surface area contributed by atoms with E-state index in [9.17, 15) is 8.42 Å². The maximum atomic E-state index is 11.1. The number of aromatic nitrogens is 2. The van der Waals surface area contributed by atoms with Crippen LogP contribution in [0.3, 0.4) is 0 Å². The fourth-order valence-corrected chi connectivity index (χ4v) is 2.51. The van der Waals surface area contributed by atoms with Crippen LogP contribution in [0.2, 0.25) is 0 Å². The van der Waals surface area contributed by atoms with Crippen LogP contribution in [0.4, 0.5) is 0 Å². The van der Waals surface area contributed by atoms with Crippen molar-refractivity contribution < 1.29 is 8.42 Å². The second kappa shape index (κ2) is 5.93. The molecule has 0 saturated carbocycles. The fourth-order valence-electron chi connectivity index (χ4n) is 1.40. The molecule has 0 unspecified atom stereocenters. The van der Waals surface area contributed by atoms with E-state index in [1.165, 1.54) is 6.20 Å². The van der Waals surface area contributed by atoms with Gasteiger partial charge in [-0.25, -0.2) is 13.4 Å². The number of aryl methyl sites for hydroxylation is 2. The molecule has 0 N–H and O–H groups in total. The van der Waals surface area contributed by atoms with Crippen LogP contribution in [0, 0.1) is 0 Å². The number of hydrogen-bond acceptors (Lipinski definition) is 4. The predicted octanol–water partition coefficient (Wildman–Crippen LogP) is 2.13. The van der Waals surface area contributed by atoms with Gasteiger partial charge in [0.1, 0.15) is 5.82 Å². The summed E-state index contributed by atoms with van der Waals surface area (Å²) < 4.78 is 24.1. The van der Waals surface area contributed by atoms with Gasteiger partial charge in [0.2, 0.25) is 0 Å². The Kier molecular flexibility index (Phi) is 5.14. The fraction of sp³-hybridized carbons (Fsp3) is 0.667. The molecule has 92 valence electrons. The average molecular weight is 283 g/mol. The van der Waals surface area contributed by atoms with E-state index in [4.69, 9.17) is 10.7 Å². The minimum atomic E-state index is -3.71. The van der Waals surface area contributed by atoms with Crippen molar-refractivity contribution >= 4 is 31.5 Å². The highest BCUT2D eigenvalue weighted by Crippen LogP contribution is 2.15. The summed E-state index contributed by atoms with van der Waals surface area (Å²) in [7, 11) is 1.54. The van der Waals surface area contributed by atoms with Gasteiger partial charge >= 0.3 is 0 Å². The van der Waals surface area contributed by atoms with Crippen molar-refractivity contribution in [3.63, 3.8) is 0 Å². The molecule has 0 aliphatic heterocycles. The Bertz CT molecular complexity index is 442. The van der Waals surface area contributed by atoms with Crippen molar-refractivity contribution in [1.29, 1.82) is 0 Å². The van der Waals surface area contributed by atoms with Gasteiger partial charge in [0.25, 0.3) is 9.05 Å². The van der Waals surface area contributed by atoms with Gasteiger partial charge in [-0.3, -0.25) is 0 Å². The van der Waals surface area contributed by atoms with Crippen molar-refractivity contribution in [3.05, 3.63) is 12.0 Å². The highest BCUT2D eigenvalue weighted by atomic mass is 35.7. The second-order valence-electron chi connectivity index (χ2n) is 3.33. The standard InChI is InChI=1S/C9H15ClN2O2S2/c1-3-8-11-9(16(10,13)14)7-12(8)5-4-6-15-2/h7H,3-6H2,1-2H3. The maximum absolute atomic E-state index is 11.1. The Hall–Kier alpha value is -0.200. The normalized spacial score (nSPS) is 11.9. The van der Waals surface area contributed by atoms with Gasteiger partial charge in [0.15, 0.2) is 5.03 Å². The molecule has 0 aromatic carbocycles. The Balaban J connectivity index is 2.87. The molecule has 0 spiro atoms. The van der Waals surface area contributed by atoms with E-state index in [0.29, 0.717) is 6.42 Å². The van der Waals surface area contributed by atoms with Crippen molar-refractivity contribution in [2.75, 3.05) is 12.0 Å². The largest absolute Gasteiger partial charge is 0.333 e. The van der Waals surface area contributed by atoms with E-state index in [1.54, 1.807) is 11.8 Å². The topological polar surface area (TPSA) is 52.0 Å². The Morgan fingerprint density at radius 1 is 1.56 bits per heavy atom. The number of hydrogen-bond donors (Lipinski definition) is 0. The lowest BCUT2D eigenvalue weighted by Gasteiger charge is -2.04. The van der Waals surface area contributed by atoms with Gasteiger partial charge in [-0.1, -0.05) is 6.92 Å². The first-order chi connectivity index (χ1) is 7.49. The van der Waals surface area contributed by atoms with Crippen LogP contribution in [-0.2, 0) is 22.0 Å². The molecule has 0 atom stereocenters. The second-order valence-corrected chi connectivity index (χ2v) is 6.82. The van der Waals surface area contributed by atoms with Crippen molar-refractivity contribution in [2.45, 2.75) is 31.3 Å². The Morgan fingerprint density at radius 2 is 2.25 bits per heavy atom. The zero-order valence-electron chi connectivity index (χ0n) is 9.31. The molecule has 1 aromatic rings. The van der Waals surface area contributed by atoms with Crippen LogP contribution < -0.4 is 0 Å². The molecule has 1 rings (SSSR count). The molecule has 0 bridgehead atoms. The first-order valence-corrected chi connectivity index (χ1v) is 8.69. The maximum Gasteiger partial charge on any atom is 0.280 e. The lowest BCUT2D eigenvalue weighted by atomic mass is 10.4. The van der Waals surface area contributed by atoms with E-state index in [-0.39, 0.29) is 5.03 Å². The van der Waals surface area contributed by atoms with Crippen molar-refractivity contribution in [1.82, 2.24) is 9.55 Å². The summed E-state index contributed by atoms with van der Waals surface area (Å²) in [4.78, 5) is 4.01. The lowest BCUT2D eigenvalue weighted by Crippen LogP contribution is -2.02. The van der Waals surface area contributed by atoms with Crippen LogP contribution in [0.5, 0.6) is 0 Å². The molecule has 1 heterocycles. The third-order valence-electron chi connectivity index (χ3n) is 2.15. The molecule has 16 heavy (non-hydrogen) atoms. The first kappa shape index (κ1) is 13.9.